The van der Waals surface area contributed by atoms with Gasteiger partial charge >= 0.3 is 0 Å². The van der Waals surface area contributed by atoms with E-state index in [1.54, 1.807) is 0 Å². The third-order valence-corrected chi connectivity index (χ3v) is 5.14. The third kappa shape index (κ3) is 4.62. The Bertz CT molecular complexity index is 611. The zero-order chi connectivity index (χ0) is 18.5. The Morgan fingerprint density at radius 3 is 2.46 bits per heavy atom. The van der Waals surface area contributed by atoms with E-state index < -0.39 is 0 Å². The molecule has 142 valence electrons. The second-order valence-electron chi connectivity index (χ2n) is 7.52. The van der Waals surface area contributed by atoms with Crippen molar-refractivity contribution in [2.24, 2.45) is 0 Å². The van der Waals surface area contributed by atoms with Crippen molar-refractivity contribution in [2.45, 2.75) is 38.8 Å². The summed E-state index contributed by atoms with van der Waals surface area (Å²) in [7, 11) is 0. The Kier molecular flexibility index (Phi) is 6.27. The third-order valence-electron chi connectivity index (χ3n) is 5.14. The predicted octanol–water partition coefficient (Wildman–Crippen LogP) is 1.32. The minimum atomic E-state index is -0.0319. The van der Waals surface area contributed by atoms with Crippen LogP contribution in [0.4, 0.5) is 5.69 Å². The van der Waals surface area contributed by atoms with Gasteiger partial charge in [0.1, 0.15) is 0 Å². The van der Waals surface area contributed by atoms with Crippen LogP contribution in [-0.4, -0.2) is 73.0 Å². The number of hydrogen-bond donors (Lipinski definition) is 1. The molecule has 1 N–H and O–H groups in total. The summed E-state index contributed by atoms with van der Waals surface area (Å²) in [5, 5.41) is 2.94. The number of nitrogens with zero attached hydrogens (tertiary/aromatic N) is 3. The van der Waals surface area contributed by atoms with Gasteiger partial charge in [-0.15, -0.1) is 0 Å². The molecule has 0 aromatic heterocycles. The molecule has 2 heterocycles. The molecule has 2 amide bonds. The Labute approximate surface area is 156 Å². The van der Waals surface area contributed by atoms with E-state index in [-0.39, 0.29) is 23.9 Å². The number of hydrogen-bond acceptors (Lipinski definition) is 4. The van der Waals surface area contributed by atoms with Gasteiger partial charge in [-0.1, -0.05) is 18.2 Å². The van der Waals surface area contributed by atoms with E-state index in [4.69, 9.17) is 0 Å². The zero-order valence-corrected chi connectivity index (χ0v) is 15.9. The lowest BCUT2D eigenvalue weighted by Gasteiger charge is -2.42. The summed E-state index contributed by atoms with van der Waals surface area (Å²) >= 11 is 0. The molecule has 2 saturated heterocycles. The van der Waals surface area contributed by atoms with Gasteiger partial charge in [-0.05, 0) is 38.8 Å². The van der Waals surface area contributed by atoms with Crippen LogP contribution in [0.15, 0.2) is 30.3 Å². The van der Waals surface area contributed by atoms with E-state index in [0.717, 1.165) is 51.3 Å². The van der Waals surface area contributed by atoms with Crippen LogP contribution in [0.1, 0.15) is 26.7 Å². The Hall–Kier alpha value is -1.92. The molecule has 6 nitrogen and oxygen atoms in total. The lowest BCUT2D eigenvalue weighted by atomic mass is 10.0. The van der Waals surface area contributed by atoms with Crippen LogP contribution in [0.25, 0.3) is 0 Å². The van der Waals surface area contributed by atoms with Crippen molar-refractivity contribution in [3.05, 3.63) is 30.3 Å². The quantitative estimate of drug-likeness (QED) is 0.863. The topological polar surface area (TPSA) is 55.9 Å². The maximum Gasteiger partial charge on any atom is 0.244 e. The SMILES string of the molecule is CC(C)NC(=O)CN1CCN([C@H]2CCCN(c3ccccc3)C2=O)CC1. The highest BCUT2D eigenvalue weighted by molar-refractivity contribution is 5.97. The van der Waals surface area contributed by atoms with Gasteiger partial charge in [0, 0.05) is 44.5 Å². The molecule has 2 aliphatic rings. The van der Waals surface area contributed by atoms with E-state index in [9.17, 15) is 9.59 Å². The number of rotatable bonds is 5. The summed E-state index contributed by atoms with van der Waals surface area (Å²) in [6, 6.07) is 10.1. The maximum atomic E-state index is 13.0. The molecular formula is C20H30N4O2. The highest BCUT2D eigenvalue weighted by Crippen LogP contribution is 2.24. The molecular weight excluding hydrogens is 328 g/mol. The van der Waals surface area contributed by atoms with Gasteiger partial charge in [0.25, 0.3) is 0 Å². The monoisotopic (exact) mass is 358 g/mol. The lowest BCUT2D eigenvalue weighted by Crippen LogP contribution is -2.58. The van der Waals surface area contributed by atoms with Crippen molar-refractivity contribution in [3.8, 4) is 0 Å². The van der Waals surface area contributed by atoms with Gasteiger partial charge in [0.15, 0.2) is 0 Å². The molecule has 0 saturated carbocycles. The fourth-order valence-electron chi connectivity index (χ4n) is 3.86. The van der Waals surface area contributed by atoms with Gasteiger partial charge in [0.2, 0.25) is 11.8 Å². The molecule has 0 unspecified atom stereocenters. The Morgan fingerprint density at radius 2 is 1.81 bits per heavy atom. The molecule has 1 aromatic carbocycles. The lowest BCUT2D eigenvalue weighted by molar-refractivity contribution is -0.127. The molecule has 3 rings (SSSR count). The van der Waals surface area contributed by atoms with Gasteiger partial charge < -0.3 is 10.2 Å². The minimum Gasteiger partial charge on any atom is -0.353 e. The molecule has 1 aromatic rings. The largest absolute Gasteiger partial charge is 0.353 e. The molecule has 2 aliphatic heterocycles. The van der Waals surface area contributed by atoms with Crippen LogP contribution in [0, 0.1) is 0 Å². The number of carbonyl (C=O) groups is 2. The summed E-state index contributed by atoms with van der Waals surface area (Å²) in [6.07, 6.45) is 1.96. The van der Waals surface area contributed by atoms with E-state index in [1.165, 1.54) is 0 Å². The molecule has 0 radical (unpaired) electrons. The zero-order valence-electron chi connectivity index (χ0n) is 15.9. The molecule has 0 aliphatic carbocycles. The average Bonchev–Trinajstić information content (AvgIpc) is 2.63. The van der Waals surface area contributed by atoms with Crippen LogP contribution >= 0.6 is 0 Å². The highest BCUT2D eigenvalue weighted by atomic mass is 16.2. The minimum absolute atomic E-state index is 0.0319. The summed E-state index contributed by atoms with van der Waals surface area (Å²) in [6.45, 7) is 8.55. The van der Waals surface area contributed by atoms with Gasteiger partial charge in [-0.2, -0.15) is 0 Å². The normalized spacial score (nSPS) is 22.7. The van der Waals surface area contributed by atoms with Crippen molar-refractivity contribution in [3.63, 3.8) is 0 Å². The van der Waals surface area contributed by atoms with E-state index in [1.807, 2.05) is 49.1 Å². The summed E-state index contributed by atoms with van der Waals surface area (Å²) in [5.74, 6) is 0.297. The smallest absolute Gasteiger partial charge is 0.244 e. The number of benzene rings is 1. The van der Waals surface area contributed by atoms with Crippen molar-refractivity contribution >= 4 is 17.5 Å². The fraction of sp³-hybridized carbons (Fsp3) is 0.600. The average molecular weight is 358 g/mol. The molecule has 0 spiro atoms. The van der Waals surface area contributed by atoms with Crippen LogP contribution in [0.3, 0.4) is 0 Å². The van der Waals surface area contributed by atoms with Crippen molar-refractivity contribution in [2.75, 3.05) is 44.2 Å². The molecule has 6 heteroatoms. The first-order valence-electron chi connectivity index (χ1n) is 9.67. The number of amides is 2. The van der Waals surface area contributed by atoms with Crippen molar-refractivity contribution < 1.29 is 9.59 Å². The highest BCUT2D eigenvalue weighted by Gasteiger charge is 2.35. The van der Waals surface area contributed by atoms with E-state index in [0.29, 0.717) is 6.54 Å². The predicted molar refractivity (Wildman–Crippen MR) is 103 cm³/mol. The molecule has 0 bridgehead atoms. The molecule has 2 fully saturated rings. The van der Waals surface area contributed by atoms with Crippen LogP contribution in [-0.2, 0) is 9.59 Å². The van der Waals surface area contributed by atoms with Gasteiger partial charge in [-0.3, -0.25) is 19.4 Å². The number of para-hydroxylation sites is 1. The maximum absolute atomic E-state index is 13.0. The second kappa shape index (κ2) is 8.64. The second-order valence-corrected chi connectivity index (χ2v) is 7.52. The summed E-state index contributed by atoms with van der Waals surface area (Å²) < 4.78 is 0. The first-order valence-corrected chi connectivity index (χ1v) is 9.67. The number of anilines is 1. The molecule has 26 heavy (non-hydrogen) atoms. The molecule has 1 atom stereocenters. The number of carbonyl (C=O) groups excluding carboxylic acids is 2. The Morgan fingerprint density at radius 1 is 1.12 bits per heavy atom. The summed E-state index contributed by atoms with van der Waals surface area (Å²) in [5.41, 5.74) is 0.992. The fourth-order valence-corrected chi connectivity index (χ4v) is 3.86. The Balaban J connectivity index is 1.54. The number of nitrogens with one attached hydrogen (secondary N) is 1. The first-order chi connectivity index (χ1) is 12.5. The van der Waals surface area contributed by atoms with E-state index >= 15 is 0 Å². The van der Waals surface area contributed by atoms with Gasteiger partial charge in [-0.25, -0.2) is 0 Å². The van der Waals surface area contributed by atoms with Crippen LogP contribution in [0.5, 0.6) is 0 Å². The summed E-state index contributed by atoms with van der Waals surface area (Å²) in [4.78, 5) is 31.3. The number of piperidine rings is 1. The van der Waals surface area contributed by atoms with Crippen molar-refractivity contribution in [1.82, 2.24) is 15.1 Å². The van der Waals surface area contributed by atoms with Crippen LogP contribution in [0.2, 0.25) is 0 Å². The van der Waals surface area contributed by atoms with E-state index in [2.05, 4.69) is 15.1 Å². The first kappa shape index (κ1) is 18.9. The standard InChI is InChI=1S/C20H30N4O2/c1-16(2)21-19(25)15-22-11-13-23(14-12-22)18-9-6-10-24(20(18)26)17-7-4-3-5-8-17/h3-5,7-8,16,18H,6,9-15H2,1-2H3,(H,21,25)/t18-/m0/s1. The van der Waals surface area contributed by atoms with Gasteiger partial charge in [0.05, 0.1) is 12.6 Å². The van der Waals surface area contributed by atoms with Crippen LogP contribution < -0.4 is 10.2 Å². The number of piperazine rings is 1. The van der Waals surface area contributed by atoms with Crippen molar-refractivity contribution in [1.29, 1.82) is 0 Å².